The number of methoxy groups -OCH3 is 1. The quantitative estimate of drug-likeness (QED) is 0.427. The molecule has 0 bridgehead atoms. The number of benzene rings is 2. The van der Waals surface area contributed by atoms with E-state index in [1.807, 2.05) is 48.5 Å². The first-order valence-electron chi connectivity index (χ1n) is 10.4. The average molecular weight is 430 g/mol. The van der Waals surface area contributed by atoms with Gasteiger partial charge in [0.15, 0.2) is 5.65 Å². The van der Waals surface area contributed by atoms with Crippen LogP contribution in [0.2, 0.25) is 0 Å². The SMILES string of the molecule is COc1cccc(CC(=O)Nc2ccc(-c3cc(C(C)(C)C)nc4n[nH]c(N)c34)cc2)c1. The fraction of sp³-hybridized carbons (Fsp3) is 0.240. The van der Waals surface area contributed by atoms with Crippen molar-refractivity contribution in [2.24, 2.45) is 0 Å². The number of anilines is 2. The molecule has 0 radical (unpaired) electrons. The first-order chi connectivity index (χ1) is 15.2. The molecule has 7 nitrogen and oxygen atoms in total. The van der Waals surface area contributed by atoms with E-state index in [9.17, 15) is 4.79 Å². The van der Waals surface area contributed by atoms with Crippen molar-refractivity contribution in [1.29, 1.82) is 0 Å². The van der Waals surface area contributed by atoms with Gasteiger partial charge in [0, 0.05) is 16.8 Å². The number of hydrogen-bond acceptors (Lipinski definition) is 5. The van der Waals surface area contributed by atoms with Crippen LogP contribution < -0.4 is 15.8 Å². The number of nitrogens with two attached hydrogens (primary N) is 1. The van der Waals surface area contributed by atoms with E-state index in [0.29, 0.717) is 11.5 Å². The van der Waals surface area contributed by atoms with Gasteiger partial charge in [-0.05, 0) is 47.0 Å². The van der Waals surface area contributed by atoms with Crippen LogP contribution in [0.5, 0.6) is 5.75 Å². The van der Waals surface area contributed by atoms with E-state index >= 15 is 0 Å². The van der Waals surface area contributed by atoms with Crippen LogP contribution in [-0.4, -0.2) is 28.2 Å². The number of carbonyl (C=O) groups is 1. The highest BCUT2D eigenvalue weighted by molar-refractivity contribution is 6.00. The molecular weight excluding hydrogens is 402 g/mol. The van der Waals surface area contributed by atoms with Gasteiger partial charge in [-0.15, -0.1) is 0 Å². The zero-order valence-corrected chi connectivity index (χ0v) is 18.7. The molecule has 0 aliphatic heterocycles. The normalized spacial score (nSPS) is 11.5. The minimum absolute atomic E-state index is 0.0913. The Morgan fingerprint density at radius 3 is 2.56 bits per heavy atom. The molecule has 0 spiro atoms. The predicted molar refractivity (Wildman–Crippen MR) is 128 cm³/mol. The monoisotopic (exact) mass is 429 g/mol. The van der Waals surface area contributed by atoms with E-state index < -0.39 is 0 Å². The highest BCUT2D eigenvalue weighted by Gasteiger charge is 2.21. The number of carbonyl (C=O) groups excluding carboxylic acids is 1. The number of amides is 1. The predicted octanol–water partition coefficient (Wildman–Crippen LogP) is 4.69. The van der Waals surface area contributed by atoms with E-state index in [4.69, 9.17) is 10.5 Å². The number of hydrogen-bond donors (Lipinski definition) is 3. The standard InChI is InChI=1S/C25H27N5O2/c1-25(2,3)20-14-19(22-23(26)29-30-24(22)28-20)16-8-10-17(11-9-16)27-21(31)13-15-6-5-7-18(12-15)32-4/h5-12,14H,13H2,1-4H3,(H,27,31)(H3,26,28,29,30). The van der Waals surface area contributed by atoms with Crippen LogP contribution in [0, 0.1) is 0 Å². The molecule has 1 amide bonds. The zero-order valence-electron chi connectivity index (χ0n) is 18.7. The number of pyridine rings is 1. The topological polar surface area (TPSA) is 106 Å². The van der Waals surface area contributed by atoms with Gasteiger partial charge in [-0.1, -0.05) is 45.0 Å². The molecule has 0 aliphatic carbocycles. The molecule has 164 valence electrons. The van der Waals surface area contributed by atoms with E-state index in [-0.39, 0.29) is 17.7 Å². The van der Waals surface area contributed by atoms with Gasteiger partial charge < -0.3 is 15.8 Å². The molecule has 7 heteroatoms. The lowest BCUT2D eigenvalue weighted by Gasteiger charge is -2.19. The maximum Gasteiger partial charge on any atom is 0.228 e. The van der Waals surface area contributed by atoms with E-state index in [0.717, 1.165) is 39.2 Å². The fourth-order valence-electron chi connectivity index (χ4n) is 3.57. The van der Waals surface area contributed by atoms with Gasteiger partial charge in [0.25, 0.3) is 0 Å². The third kappa shape index (κ3) is 4.42. The van der Waals surface area contributed by atoms with Crippen LogP contribution in [0.1, 0.15) is 32.0 Å². The van der Waals surface area contributed by atoms with Crippen molar-refractivity contribution in [2.45, 2.75) is 32.6 Å². The van der Waals surface area contributed by atoms with Crippen LogP contribution in [0.4, 0.5) is 11.5 Å². The second kappa shape index (κ2) is 8.34. The molecule has 0 saturated heterocycles. The van der Waals surface area contributed by atoms with Crippen molar-refractivity contribution in [1.82, 2.24) is 15.2 Å². The number of H-pyrrole nitrogens is 1. The van der Waals surface area contributed by atoms with Gasteiger partial charge in [-0.2, -0.15) is 5.10 Å². The molecule has 0 fully saturated rings. The Bertz CT molecular complexity index is 1270. The summed E-state index contributed by atoms with van der Waals surface area (Å²) in [4.78, 5) is 17.2. The zero-order chi connectivity index (χ0) is 22.9. The Morgan fingerprint density at radius 1 is 1.12 bits per heavy atom. The van der Waals surface area contributed by atoms with Gasteiger partial charge >= 0.3 is 0 Å². The Kier molecular flexibility index (Phi) is 5.57. The third-order valence-electron chi connectivity index (χ3n) is 5.30. The molecule has 32 heavy (non-hydrogen) atoms. The molecule has 0 saturated carbocycles. The average Bonchev–Trinajstić information content (AvgIpc) is 3.14. The molecule has 4 N–H and O–H groups in total. The maximum absolute atomic E-state index is 12.5. The van der Waals surface area contributed by atoms with Gasteiger partial charge in [-0.3, -0.25) is 9.89 Å². The summed E-state index contributed by atoms with van der Waals surface area (Å²) in [6, 6.07) is 17.3. The van der Waals surface area contributed by atoms with Crippen LogP contribution in [-0.2, 0) is 16.6 Å². The molecule has 2 heterocycles. The van der Waals surface area contributed by atoms with Crippen molar-refractivity contribution < 1.29 is 9.53 Å². The number of ether oxygens (including phenoxy) is 1. The number of nitrogens with zero attached hydrogens (tertiary/aromatic N) is 2. The highest BCUT2D eigenvalue weighted by atomic mass is 16.5. The Balaban J connectivity index is 1.58. The lowest BCUT2D eigenvalue weighted by molar-refractivity contribution is -0.115. The van der Waals surface area contributed by atoms with Crippen molar-refractivity contribution in [3.05, 3.63) is 65.9 Å². The molecule has 4 rings (SSSR count). The fourth-order valence-corrected chi connectivity index (χ4v) is 3.57. The summed E-state index contributed by atoms with van der Waals surface area (Å²) >= 11 is 0. The summed E-state index contributed by atoms with van der Waals surface area (Å²) in [5.74, 6) is 1.13. The van der Waals surface area contributed by atoms with Crippen LogP contribution in [0.15, 0.2) is 54.6 Å². The third-order valence-corrected chi connectivity index (χ3v) is 5.30. The van der Waals surface area contributed by atoms with E-state index in [1.54, 1.807) is 7.11 Å². The summed E-state index contributed by atoms with van der Waals surface area (Å²) in [7, 11) is 1.61. The van der Waals surface area contributed by atoms with E-state index in [1.165, 1.54) is 0 Å². The molecule has 0 aliphatic rings. The molecule has 2 aromatic heterocycles. The number of nitrogens with one attached hydrogen (secondary N) is 2. The number of aromatic nitrogens is 3. The Labute approximate surface area is 187 Å². The smallest absolute Gasteiger partial charge is 0.228 e. The molecular formula is C25H27N5O2. The Morgan fingerprint density at radius 2 is 1.88 bits per heavy atom. The lowest BCUT2D eigenvalue weighted by Crippen LogP contribution is -2.14. The summed E-state index contributed by atoms with van der Waals surface area (Å²) in [6.07, 6.45) is 0.268. The second-order valence-electron chi connectivity index (χ2n) is 8.79. The summed E-state index contributed by atoms with van der Waals surface area (Å²) in [5, 5.41) is 10.8. The van der Waals surface area contributed by atoms with Gasteiger partial charge in [0.2, 0.25) is 5.91 Å². The maximum atomic E-state index is 12.5. The minimum Gasteiger partial charge on any atom is -0.497 e. The Hall–Kier alpha value is -3.87. The molecule has 2 aromatic carbocycles. The first kappa shape index (κ1) is 21.4. The number of aromatic amines is 1. The second-order valence-corrected chi connectivity index (χ2v) is 8.79. The van der Waals surface area contributed by atoms with Crippen molar-refractivity contribution in [3.8, 4) is 16.9 Å². The van der Waals surface area contributed by atoms with Crippen molar-refractivity contribution in [3.63, 3.8) is 0 Å². The highest BCUT2D eigenvalue weighted by Crippen LogP contribution is 2.34. The van der Waals surface area contributed by atoms with Crippen molar-refractivity contribution >= 4 is 28.4 Å². The van der Waals surface area contributed by atoms with Crippen LogP contribution >= 0.6 is 0 Å². The summed E-state index contributed by atoms with van der Waals surface area (Å²) in [6.45, 7) is 6.34. The van der Waals surface area contributed by atoms with Gasteiger partial charge in [0.1, 0.15) is 11.6 Å². The van der Waals surface area contributed by atoms with Crippen molar-refractivity contribution in [2.75, 3.05) is 18.2 Å². The number of rotatable bonds is 5. The molecule has 0 atom stereocenters. The molecule has 0 unspecified atom stereocenters. The first-order valence-corrected chi connectivity index (χ1v) is 10.4. The summed E-state index contributed by atoms with van der Waals surface area (Å²) < 4.78 is 5.22. The number of fused-ring (bicyclic) bond motifs is 1. The van der Waals surface area contributed by atoms with E-state index in [2.05, 4.69) is 47.3 Å². The largest absolute Gasteiger partial charge is 0.497 e. The molecule has 4 aromatic rings. The van der Waals surface area contributed by atoms with Crippen LogP contribution in [0.25, 0.3) is 22.2 Å². The minimum atomic E-state index is -0.134. The van der Waals surface area contributed by atoms with Crippen LogP contribution in [0.3, 0.4) is 0 Å². The van der Waals surface area contributed by atoms with Gasteiger partial charge in [0.05, 0.1) is 18.9 Å². The van der Waals surface area contributed by atoms with Gasteiger partial charge in [-0.25, -0.2) is 4.98 Å². The summed E-state index contributed by atoms with van der Waals surface area (Å²) in [5.41, 5.74) is 11.1. The number of nitrogen functional groups attached to an aromatic ring is 1. The lowest BCUT2D eigenvalue weighted by atomic mass is 9.89.